The molecule has 0 aromatic rings. The van der Waals surface area contributed by atoms with Gasteiger partial charge in [0.05, 0.1) is 28.6 Å². The first kappa shape index (κ1) is 43.3. The summed E-state index contributed by atoms with van der Waals surface area (Å²) in [5.74, 6) is -0.0365. The summed E-state index contributed by atoms with van der Waals surface area (Å²) in [6.45, 7) is 9.22. The Hall–Kier alpha value is -3.14. The average Bonchev–Trinajstić information content (AvgIpc) is 3.07. The van der Waals surface area contributed by atoms with Crippen molar-refractivity contribution in [2.45, 2.75) is 166 Å². The first-order chi connectivity index (χ1) is 24.5. The second-order valence-corrected chi connectivity index (χ2v) is 19.1. The van der Waals surface area contributed by atoms with E-state index in [4.69, 9.17) is 6.42 Å². The predicted molar refractivity (Wildman–Crippen MR) is 203 cm³/mol. The number of Topliss-reactive ketones (excluding diaryl/α,β-unsaturated/α-hetero) is 1. The van der Waals surface area contributed by atoms with Crippen molar-refractivity contribution in [3.05, 3.63) is 0 Å². The third kappa shape index (κ3) is 11.7. The van der Waals surface area contributed by atoms with Crippen molar-refractivity contribution in [1.29, 1.82) is 0 Å². The number of amides is 5. The molecule has 0 spiro atoms. The van der Waals surface area contributed by atoms with Gasteiger partial charge in [0, 0.05) is 19.5 Å². The van der Waals surface area contributed by atoms with Gasteiger partial charge in [-0.25, -0.2) is 13.2 Å². The van der Waals surface area contributed by atoms with E-state index in [9.17, 15) is 32.4 Å². The number of urea groups is 1. The lowest BCUT2D eigenvalue weighted by atomic mass is 9.70. The Morgan fingerprint density at radius 3 is 2.08 bits per heavy atom. The van der Waals surface area contributed by atoms with Gasteiger partial charge >= 0.3 is 6.03 Å². The zero-order valence-corrected chi connectivity index (χ0v) is 33.2. The van der Waals surface area contributed by atoms with Crippen molar-refractivity contribution < 1.29 is 32.4 Å². The van der Waals surface area contributed by atoms with Crippen molar-refractivity contribution in [3.8, 4) is 12.3 Å². The standard InChI is InChI=1S/C39H65N5O7S/c1-7-10-24-40-34(47)32(46)30(26-29-18-17-19-29)41-31(45)27-44(25-8-2)35(48)33(38(6)20-13-11-14-21-38)42-36(49)43-39(22-15-12-16-23-39)28-52(50,51)37(4,5)9-3/h1,29-30,33H,8-28H2,2-6H3,(H,40,47)(H,41,45)(H2,42,43,49)/t30?,33-/m1/s1. The van der Waals surface area contributed by atoms with Gasteiger partial charge in [0.1, 0.15) is 6.04 Å². The molecule has 3 aliphatic rings. The Balaban J connectivity index is 1.83. The molecule has 0 aromatic heterocycles. The summed E-state index contributed by atoms with van der Waals surface area (Å²) in [4.78, 5) is 69.4. The summed E-state index contributed by atoms with van der Waals surface area (Å²) in [6.07, 6.45) is 17.5. The summed E-state index contributed by atoms with van der Waals surface area (Å²) in [5, 5.41) is 11.4. The third-order valence-corrected chi connectivity index (χ3v) is 14.8. The Morgan fingerprint density at radius 2 is 1.54 bits per heavy atom. The first-order valence-corrected chi connectivity index (χ1v) is 21.3. The van der Waals surface area contributed by atoms with Crippen LogP contribution < -0.4 is 21.3 Å². The normalized spacial score (nSPS) is 19.8. The number of terminal acetylenes is 1. The number of hydrogen-bond acceptors (Lipinski definition) is 7. The highest BCUT2D eigenvalue weighted by Crippen LogP contribution is 2.40. The van der Waals surface area contributed by atoms with Crippen LogP contribution in [0.15, 0.2) is 0 Å². The SMILES string of the molecule is C#CCCNC(=O)C(=O)C(CC1CCC1)NC(=O)CN(CCC)C(=O)[C@@H](NC(=O)NC1(CS(=O)(=O)C(C)(C)CC)CCCCC1)C1(C)CCCCC1. The van der Waals surface area contributed by atoms with Crippen LogP contribution in [0.5, 0.6) is 0 Å². The molecule has 2 atom stereocenters. The van der Waals surface area contributed by atoms with Gasteiger partial charge in [-0.2, -0.15) is 0 Å². The van der Waals surface area contributed by atoms with Gasteiger partial charge in [-0.3, -0.25) is 19.2 Å². The Bertz CT molecular complexity index is 1410. The highest BCUT2D eigenvalue weighted by molar-refractivity contribution is 7.92. The van der Waals surface area contributed by atoms with Crippen LogP contribution in [0.4, 0.5) is 4.79 Å². The van der Waals surface area contributed by atoms with E-state index in [1.165, 1.54) is 4.90 Å². The minimum Gasteiger partial charge on any atom is -0.348 e. The topological polar surface area (TPSA) is 171 Å². The zero-order chi connectivity index (χ0) is 38.6. The van der Waals surface area contributed by atoms with E-state index in [0.717, 1.165) is 57.8 Å². The van der Waals surface area contributed by atoms with E-state index in [1.807, 2.05) is 20.8 Å². The molecule has 0 radical (unpaired) electrons. The molecule has 0 aliphatic heterocycles. The highest BCUT2D eigenvalue weighted by atomic mass is 32.2. The molecule has 3 fully saturated rings. The fourth-order valence-corrected chi connectivity index (χ4v) is 9.74. The number of ketones is 1. The molecule has 0 aromatic carbocycles. The van der Waals surface area contributed by atoms with Crippen molar-refractivity contribution >= 4 is 39.4 Å². The number of nitrogens with zero attached hydrogens (tertiary/aromatic N) is 1. The summed E-state index contributed by atoms with van der Waals surface area (Å²) in [6, 6.07) is -2.58. The van der Waals surface area contributed by atoms with Crippen LogP contribution >= 0.6 is 0 Å². The van der Waals surface area contributed by atoms with E-state index in [2.05, 4.69) is 27.2 Å². The molecule has 0 heterocycles. The van der Waals surface area contributed by atoms with Gasteiger partial charge in [-0.05, 0) is 70.1 Å². The van der Waals surface area contributed by atoms with Gasteiger partial charge in [0.15, 0.2) is 9.84 Å². The molecule has 12 nitrogen and oxygen atoms in total. The second-order valence-electron chi connectivity index (χ2n) is 16.4. The average molecular weight is 748 g/mol. The first-order valence-electron chi connectivity index (χ1n) is 19.7. The second kappa shape index (κ2) is 19.3. The summed E-state index contributed by atoms with van der Waals surface area (Å²) in [7, 11) is -3.58. The molecular weight excluding hydrogens is 683 g/mol. The summed E-state index contributed by atoms with van der Waals surface area (Å²) >= 11 is 0. The highest BCUT2D eigenvalue weighted by Gasteiger charge is 2.46. The fraction of sp³-hybridized carbons (Fsp3) is 0.821. The van der Waals surface area contributed by atoms with Crippen LogP contribution in [0.3, 0.4) is 0 Å². The minimum absolute atomic E-state index is 0.151. The summed E-state index contributed by atoms with van der Waals surface area (Å²) in [5.41, 5.74) is -1.54. The molecule has 3 saturated carbocycles. The number of carbonyl (C=O) groups is 5. The largest absolute Gasteiger partial charge is 0.348 e. The molecule has 13 heteroatoms. The van der Waals surface area contributed by atoms with Gasteiger partial charge in [-0.15, -0.1) is 12.3 Å². The van der Waals surface area contributed by atoms with Gasteiger partial charge in [0.2, 0.25) is 17.6 Å². The number of rotatable bonds is 19. The molecule has 3 rings (SSSR count). The van der Waals surface area contributed by atoms with Crippen LogP contribution in [0.1, 0.15) is 144 Å². The van der Waals surface area contributed by atoms with Crippen LogP contribution in [0.25, 0.3) is 0 Å². The van der Waals surface area contributed by atoms with Gasteiger partial charge < -0.3 is 26.2 Å². The fourth-order valence-electron chi connectivity index (χ4n) is 7.82. The molecule has 1 unspecified atom stereocenters. The van der Waals surface area contributed by atoms with Crippen molar-refractivity contribution in [1.82, 2.24) is 26.2 Å². The number of carbonyl (C=O) groups excluding carboxylic acids is 5. The van der Waals surface area contributed by atoms with Crippen molar-refractivity contribution in [2.75, 3.05) is 25.4 Å². The summed E-state index contributed by atoms with van der Waals surface area (Å²) < 4.78 is 26.3. The molecule has 0 bridgehead atoms. The monoisotopic (exact) mass is 747 g/mol. The molecular formula is C39H65N5O7S. The number of nitrogens with one attached hydrogen (secondary N) is 4. The Morgan fingerprint density at radius 1 is 0.923 bits per heavy atom. The maximum atomic E-state index is 14.5. The van der Waals surface area contributed by atoms with Crippen LogP contribution in [-0.4, -0.2) is 90.6 Å². The predicted octanol–water partition coefficient (Wildman–Crippen LogP) is 4.55. The lowest BCUT2D eigenvalue weighted by molar-refractivity contribution is -0.143. The molecule has 3 aliphatic carbocycles. The molecule has 4 N–H and O–H groups in total. The quantitative estimate of drug-likeness (QED) is 0.0853. The Kier molecular flexibility index (Phi) is 16.0. The number of hydrogen-bond donors (Lipinski definition) is 4. The van der Waals surface area contributed by atoms with Crippen LogP contribution in [0.2, 0.25) is 0 Å². The molecule has 5 amide bonds. The number of sulfone groups is 1. The lowest BCUT2D eigenvalue weighted by Gasteiger charge is -2.44. The lowest BCUT2D eigenvalue weighted by Crippen LogP contribution is -2.64. The van der Waals surface area contributed by atoms with E-state index >= 15 is 0 Å². The van der Waals surface area contributed by atoms with Crippen molar-refractivity contribution in [3.63, 3.8) is 0 Å². The molecule has 0 saturated heterocycles. The van der Waals surface area contributed by atoms with Gasteiger partial charge in [0.25, 0.3) is 5.91 Å². The molecule has 294 valence electrons. The van der Waals surface area contributed by atoms with E-state index < -0.39 is 67.2 Å². The van der Waals surface area contributed by atoms with Crippen molar-refractivity contribution in [2.24, 2.45) is 11.3 Å². The van der Waals surface area contributed by atoms with Gasteiger partial charge in [-0.1, -0.05) is 78.6 Å². The third-order valence-electron chi connectivity index (χ3n) is 11.9. The zero-order valence-electron chi connectivity index (χ0n) is 32.4. The molecule has 52 heavy (non-hydrogen) atoms. The van der Waals surface area contributed by atoms with E-state index in [-0.39, 0.29) is 37.7 Å². The van der Waals surface area contributed by atoms with Crippen LogP contribution in [0, 0.1) is 23.7 Å². The minimum atomic E-state index is -3.58. The maximum Gasteiger partial charge on any atom is 0.315 e. The van der Waals surface area contributed by atoms with Crippen LogP contribution in [-0.2, 0) is 29.0 Å². The van der Waals surface area contributed by atoms with E-state index in [0.29, 0.717) is 44.9 Å². The Labute approximate surface area is 312 Å². The smallest absolute Gasteiger partial charge is 0.315 e. The maximum absolute atomic E-state index is 14.5. The van der Waals surface area contributed by atoms with E-state index in [1.54, 1.807) is 13.8 Å².